The van der Waals surface area contributed by atoms with Gasteiger partial charge in [-0.15, -0.1) is 0 Å². The Hall–Kier alpha value is -1.57. The number of anilines is 1. The molecule has 0 unspecified atom stereocenters. The van der Waals surface area contributed by atoms with E-state index in [1.54, 1.807) is 0 Å². The van der Waals surface area contributed by atoms with Gasteiger partial charge >= 0.3 is 102 Å². The van der Waals surface area contributed by atoms with Crippen LogP contribution in [-0.2, 0) is 15.1 Å². The molecule has 0 aromatic heterocycles. The molecule has 0 heterocycles. The van der Waals surface area contributed by atoms with Gasteiger partial charge in [-0.1, -0.05) is 30.3 Å². The second kappa shape index (κ2) is 11.7. The fourth-order valence-corrected chi connectivity index (χ4v) is 4.86. The van der Waals surface area contributed by atoms with Crippen LogP contribution in [0.4, 0.5) is 5.69 Å². The molecule has 0 saturated heterocycles. The van der Waals surface area contributed by atoms with E-state index in [0.29, 0.717) is 4.47 Å². The van der Waals surface area contributed by atoms with Crippen molar-refractivity contribution in [2.75, 3.05) is 25.0 Å². The van der Waals surface area contributed by atoms with Crippen LogP contribution in [-0.4, -0.2) is 57.5 Å². The molecule has 2 aromatic carbocycles. The fourth-order valence-electron chi connectivity index (χ4n) is 3.06. The van der Waals surface area contributed by atoms with Gasteiger partial charge in [0.15, 0.2) is 0 Å². The fraction of sp³-hybridized carbons (Fsp3) is 0.381. The summed E-state index contributed by atoms with van der Waals surface area (Å²) in [5.41, 5.74) is 1.41. The van der Waals surface area contributed by atoms with Gasteiger partial charge in [0.25, 0.3) is 0 Å². The smallest absolute Gasteiger partial charge is 0.104 e. The molecule has 0 radical (unpaired) electrons. The van der Waals surface area contributed by atoms with Gasteiger partial charge in [0.05, 0.1) is 19.6 Å². The third-order valence-corrected chi connectivity index (χ3v) is 7.83. The Labute approximate surface area is 189 Å². The zero-order valence-electron chi connectivity index (χ0n) is 17.8. The van der Waals surface area contributed by atoms with Crippen molar-refractivity contribution in [2.24, 2.45) is 0 Å². The zero-order valence-corrected chi connectivity index (χ0v) is 21.3. The van der Waals surface area contributed by atoms with Gasteiger partial charge in [-0.3, -0.25) is 0 Å². The van der Waals surface area contributed by atoms with Crippen molar-refractivity contribution in [2.45, 2.75) is 34.2 Å². The van der Waals surface area contributed by atoms with Crippen molar-refractivity contribution in [3.63, 3.8) is 0 Å². The number of quaternary nitrogens is 1. The number of benzene rings is 2. The topological polar surface area (TPSA) is 107 Å². The quantitative estimate of drug-likeness (QED) is 0.243. The molecule has 7 nitrogen and oxygen atoms in total. The molecule has 2 rings (SSSR count). The van der Waals surface area contributed by atoms with Crippen LogP contribution in [0.25, 0.3) is 0 Å². The summed E-state index contributed by atoms with van der Waals surface area (Å²) in [4.78, 5) is 10.8. The molecule has 4 N–H and O–H groups in total. The summed E-state index contributed by atoms with van der Waals surface area (Å²) in [5.74, 6) is -1.07. The Morgan fingerprint density at radius 3 is 2.00 bits per heavy atom. The van der Waals surface area contributed by atoms with E-state index in [0.717, 1.165) is 6.07 Å². The number of phenols is 1. The Morgan fingerprint density at radius 2 is 1.57 bits per heavy atom. The van der Waals surface area contributed by atoms with E-state index < -0.39 is 30.2 Å². The molecule has 0 atom stereocenters. The molecule has 0 saturated carbocycles. The summed E-state index contributed by atoms with van der Waals surface area (Å²) in [6, 6.07) is 13.3. The molecule has 166 valence electrons. The summed E-state index contributed by atoms with van der Waals surface area (Å²) < 4.78 is 30.1. The number of carbonyl (C=O) groups is 1. The number of hydrogen-bond donors (Lipinski definition) is 4. The number of aromatic hydroxyl groups is 1. The minimum atomic E-state index is -5.20. The van der Waals surface area contributed by atoms with Crippen molar-refractivity contribution >= 4 is 46.0 Å². The average molecular weight is 546 g/mol. The maximum Gasteiger partial charge on any atom is 0.104 e. The van der Waals surface area contributed by atoms with Crippen molar-refractivity contribution in [3.8, 4) is 5.75 Å². The van der Waals surface area contributed by atoms with E-state index in [2.05, 4.69) is 72.3 Å². The molecule has 0 bridgehead atoms. The first-order chi connectivity index (χ1) is 14.0. The number of nitrogens with zero attached hydrogens (tertiary/aromatic N) is 1. The molecular formula is C21H31AsBrN2O5+. The predicted molar refractivity (Wildman–Crippen MR) is 123 cm³/mol. The number of carbonyl (C=O) groups excluding carboxylic acids is 1. The number of phenolic OH excluding ortho intramolecular Hbond substituents is 1. The first-order valence-corrected chi connectivity index (χ1v) is 13.9. The van der Waals surface area contributed by atoms with Gasteiger partial charge in [0.2, 0.25) is 0 Å². The maximum absolute atomic E-state index is 11.1. The van der Waals surface area contributed by atoms with E-state index in [9.17, 15) is 13.6 Å². The third kappa shape index (κ3) is 7.60. The molecule has 0 fully saturated rings. The summed E-state index contributed by atoms with van der Waals surface area (Å²) in [6.07, 6.45) is 0. The minimum Gasteiger partial charge on any atom is -0.321 e. The monoisotopic (exact) mass is 545 g/mol. The Balaban J connectivity index is 0.000000303. The zero-order chi connectivity index (χ0) is 22.9. The van der Waals surface area contributed by atoms with Crippen molar-refractivity contribution in [3.05, 3.63) is 52.5 Å². The van der Waals surface area contributed by atoms with Gasteiger partial charge in [-0.25, -0.2) is 0 Å². The van der Waals surface area contributed by atoms with Gasteiger partial charge in [0, 0.05) is 5.56 Å². The number of hydrogen-bond acceptors (Lipinski definition) is 3. The van der Waals surface area contributed by atoms with Gasteiger partial charge < -0.3 is 4.48 Å². The summed E-state index contributed by atoms with van der Waals surface area (Å²) in [5, 5.41) is 11.9. The van der Waals surface area contributed by atoms with Crippen LogP contribution >= 0.6 is 15.9 Å². The third-order valence-electron chi connectivity index (χ3n) is 5.09. The Bertz CT molecular complexity index is 874. The first kappa shape index (κ1) is 26.5. The second-order valence-electron chi connectivity index (χ2n) is 6.95. The summed E-state index contributed by atoms with van der Waals surface area (Å²) >= 11 is -2.14. The molecule has 1 amide bonds. The summed E-state index contributed by atoms with van der Waals surface area (Å²) in [6.45, 7) is 12.9. The molecule has 0 aliphatic carbocycles. The number of nitrogens with one attached hydrogen (secondary N) is 1. The molecule has 30 heavy (non-hydrogen) atoms. The van der Waals surface area contributed by atoms with Crippen molar-refractivity contribution < 1.29 is 26.3 Å². The van der Waals surface area contributed by atoms with Crippen molar-refractivity contribution in [1.29, 1.82) is 0 Å². The minimum absolute atomic E-state index is 0.0465. The second-order valence-corrected chi connectivity index (χ2v) is 11.1. The number of halogens is 1. The Kier molecular flexibility index (Phi) is 10.3. The van der Waals surface area contributed by atoms with Crippen LogP contribution < -0.4 is 9.67 Å². The van der Waals surface area contributed by atoms with E-state index in [-0.39, 0.29) is 5.69 Å². The molecule has 0 spiro atoms. The van der Waals surface area contributed by atoms with Gasteiger partial charge in [0.1, 0.15) is 6.54 Å². The number of amides is 1. The van der Waals surface area contributed by atoms with Crippen LogP contribution in [0, 0.1) is 0 Å². The summed E-state index contributed by atoms with van der Waals surface area (Å²) in [7, 11) is 0. The van der Waals surface area contributed by atoms with Crippen LogP contribution in [0.1, 0.15) is 33.3 Å². The maximum atomic E-state index is 11.1. The van der Waals surface area contributed by atoms with Gasteiger partial charge in [-0.2, -0.15) is 0 Å². The van der Waals surface area contributed by atoms with Crippen LogP contribution in [0.3, 0.4) is 0 Å². The van der Waals surface area contributed by atoms with Crippen LogP contribution in [0.15, 0.2) is 46.9 Å². The molecule has 9 heteroatoms. The van der Waals surface area contributed by atoms with E-state index >= 15 is 0 Å². The molecule has 0 aliphatic rings. The van der Waals surface area contributed by atoms with E-state index in [1.807, 2.05) is 0 Å². The van der Waals surface area contributed by atoms with Crippen molar-refractivity contribution in [1.82, 2.24) is 0 Å². The average Bonchev–Trinajstić information content (AvgIpc) is 2.69. The first-order valence-electron chi connectivity index (χ1n) is 9.73. The predicted octanol–water partition coefficient (Wildman–Crippen LogP) is 2.74. The number of rotatable bonds is 7. The van der Waals surface area contributed by atoms with E-state index in [4.69, 9.17) is 8.19 Å². The normalized spacial score (nSPS) is 11.4. The SMILES string of the molecule is CC(=O)Nc1c(Br)ccc([As](=O)(O)O)c1O.CC[N+](CC)(CC)Cc1ccccc1. The standard InChI is InChI=1S/C13H22N.C8H9AsBrNO5/c1-4-14(5-2,6-3)12-13-10-8-7-9-11-13;1-4(12)11-7-6(10)3-2-5(8(7)13)9(14,15)16/h7-11H,4-6,12H2,1-3H3;2-3,13H,1H3,(H,11,12)(H2,14,15,16)/q+1;. The molecule has 2 aromatic rings. The largest absolute Gasteiger partial charge is 0.321 e. The van der Waals surface area contributed by atoms with Crippen LogP contribution in [0.2, 0.25) is 0 Å². The molecular weight excluding hydrogens is 515 g/mol. The van der Waals surface area contributed by atoms with E-state index in [1.165, 1.54) is 49.2 Å². The molecule has 0 aliphatic heterocycles. The van der Waals surface area contributed by atoms with Gasteiger partial charge in [-0.05, 0) is 20.8 Å². The van der Waals surface area contributed by atoms with Crippen LogP contribution in [0.5, 0.6) is 5.75 Å². The Morgan fingerprint density at radius 1 is 1.03 bits per heavy atom.